The van der Waals surface area contributed by atoms with Gasteiger partial charge in [0.1, 0.15) is 6.04 Å². The largest absolute Gasteiger partial charge is 0.480 e. The van der Waals surface area contributed by atoms with Crippen LogP contribution in [0.25, 0.3) is 0 Å². The fraction of sp³-hybridized carbons (Fsp3) is 0.833. The van der Waals surface area contributed by atoms with E-state index >= 15 is 0 Å². The van der Waals surface area contributed by atoms with Crippen LogP contribution in [0, 0.1) is 0 Å². The molecule has 0 aliphatic carbocycles. The molecule has 2 fully saturated rings. The molecule has 0 aromatic carbocycles. The van der Waals surface area contributed by atoms with Crippen LogP contribution in [-0.2, 0) is 9.59 Å². The number of hydrogen-bond donors (Lipinski definition) is 3. The van der Waals surface area contributed by atoms with E-state index in [1.165, 1.54) is 4.90 Å². The fourth-order valence-electron chi connectivity index (χ4n) is 2.83. The molecule has 3 atom stereocenters. The van der Waals surface area contributed by atoms with Gasteiger partial charge in [0.15, 0.2) is 0 Å². The number of carboxylic acid groups (broad SMARTS) is 1. The Morgan fingerprint density at radius 3 is 2.67 bits per heavy atom. The van der Waals surface area contributed by atoms with Gasteiger partial charge in [-0.2, -0.15) is 0 Å². The number of nitrogens with one attached hydrogen (secondary N) is 1. The first-order chi connectivity index (χ1) is 8.44. The van der Waals surface area contributed by atoms with E-state index in [4.69, 9.17) is 5.11 Å². The molecule has 0 spiro atoms. The monoisotopic (exact) mass is 256 g/mol. The lowest BCUT2D eigenvalue weighted by Crippen LogP contribution is -2.59. The number of nitrogens with zero attached hydrogens (tertiary/aromatic N) is 1. The Morgan fingerprint density at radius 1 is 1.39 bits per heavy atom. The minimum absolute atomic E-state index is 0.118. The molecule has 0 saturated carbocycles. The van der Waals surface area contributed by atoms with Gasteiger partial charge in [0.05, 0.1) is 11.6 Å². The average Bonchev–Trinajstić information content (AvgIpc) is 2.71. The Bertz CT molecular complexity index is 352. The zero-order valence-electron chi connectivity index (χ0n) is 10.6. The van der Waals surface area contributed by atoms with Crippen LogP contribution in [0.2, 0.25) is 0 Å². The second-order valence-electron chi connectivity index (χ2n) is 5.42. The summed E-state index contributed by atoms with van der Waals surface area (Å²) in [6.07, 6.45) is 2.10. The molecular formula is C12H20N2O4. The zero-order chi connectivity index (χ0) is 13.3. The van der Waals surface area contributed by atoms with Gasteiger partial charge >= 0.3 is 5.97 Å². The summed E-state index contributed by atoms with van der Waals surface area (Å²) in [5.74, 6) is -1.24. The van der Waals surface area contributed by atoms with E-state index < -0.39 is 23.7 Å². The number of carboxylic acids is 1. The first-order valence-corrected chi connectivity index (χ1v) is 6.41. The van der Waals surface area contributed by atoms with Gasteiger partial charge in [0.25, 0.3) is 0 Å². The molecule has 2 aliphatic rings. The Labute approximate surface area is 106 Å². The number of carbonyl (C=O) groups is 2. The van der Waals surface area contributed by atoms with Gasteiger partial charge in [-0.15, -0.1) is 0 Å². The van der Waals surface area contributed by atoms with E-state index in [0.717, 1.165) is 19.4 Å². The van der Waals surface area contributed by atoms with Gasteiger partial charge in [-0.1, -0.05) is 0 Å². The molecular weight excluding hydrogens is 236 g/mol. The Kier molecular flexibility index (Phi) is 3.59. The molecule has 2 aliphatic heterocycles. The van der Waals surface area contributed by atoms with Gasteiger partial charge in [0, 0.05) is 13.0 Å². The van der Waals surface area contributed by atoms with E-state index in [-0.39, 0.29) is 18.9 Å². The molecule has 0 aromatic rings. The molecule has 6 nitrogen and oxygen atoms in total. The van der Waals surface area contributed by atoms with Crippen molar-refractivity contribution in [3.63, 3.8) is 0 Å². The van der Waals surface area contributed by atoms with Crippen molar-refractivity contribution in [2.24, 2.45) is 0 Å². The van der Waals surface area contributed by atoms with Crippen molar-refractivity contribution in [3.8, 4) is 0 Å². The summed E-state index contributed by atoms with van der Waals surface area (Å²) in [6.45, 7) is 2.71. The molecule has 2 heterocycles. The quantitative estimate of drug-likeness (QED) is 0.623. The Balaban J connectivity index is 2.14. The summed E-state index contributed by atoms with van der Waals surface area (Å²) in [5.41, 5.74) is -0.685. The first kappa shape index (κ1) is 13.3. The van der Waals surface area contributed by atoms with E-state index in [1.54, 1.807) is 0 Å². The molecule has 0 bridgehead atoms. The third-order valence-electron chi connectivity index (χ3n) is 3.92. The van der Waals surface area contributed by atoms with Crippen molar-refractivity contribution in [2.75, 3.05) is 13.1 Å². The van der Waals surface area contributed by atoms with E-state index in [1.807, 2.05) is 6.92 Å². The highest BCUT2D eigenvalue weighted by Gasteiger charge is 2.45. The second-order valence-corrected chi connectivity index (χ2v) is 5.42. The van der Waals surface area contributed by atoms with Crippen molar-refractivity contribution < 1.29 is 19.8 Å². The number of aliphatic carboxylic acids is 1. The highest BCUT2D eigenvalue weighted by atomic mass is 16.4. The third kappa shape index (κ3) is 2.35. The van der Waals surface area contributed by atoms with Crippen molar-refractivity contribution in [1.82, 2.24) is 10.2 Å². The summed E-state index contributed by atoms with van der Waals surface area (Å²) >= 11 is 0. The highest BCUT2D eigenvalue weighted by molar-refractivity contribution is 5.90. The molecule has 18 heavy (non-hydrogen) atoms. The minimum atomic E-state index is -1.04. The first-order valence-electron chi connectivity index (χ1n) is 6.41. The second kappa shape index (κ2) is 4.85. The van der Waals surface area contributed by atoms with Crippen molar-refractivity contribution >= 4 is 11.9 Å². The Morgan fingerprint density at radius 2 is 2.11 bits per heavy atom. The lowest BCUT2D eigenvalue weighted by molar-refractivity contribution is -0.151. The number of amides is 1. The van der Waals surface area contributed by atoms with Gasteiger partial charge < -0.3 is 20.4 Å². The van der Waals surface area contributed by atoms with Crippen LogP contribution in [0.5, 0.6) is 0 Å². The molecule has 2 rings (SSSR count). The van der Waals surface area contributed by atoms with Gasteiger partial charge in [-0.05, 0) is 32.7 Å². The summed E-state index contributed by atoms with van der Waals surface area (Å²) < 4.78 is 0. The molecule has 102 valence electrons. The average molecular weight is 256 g/mol. The maximum atomic E-state index is 12.5. The summed E-state index contributed by atoms with van der Waals surface area (Å²) in [7, 11) is 0. The van der Waals surface area contributed by atoms with Gasteiger partial charge in [0.2, 0.25) is 5.91 Å². The lowest BCUT2D eigenvalue weighted by atomic mass is 9.89. The van der Waals surface area contributed by atoms with E-state index in [9.17, 15) is 14.7 Å². The normalized spacial score (nSPS) is 36.7. The van der Waals surface area contributed by atoms with Crippen LogP contribution < -0.4 is 5.32 Å². The molecule has 2 saturated heterocycles. The zero-order valence-corrected chi connectivity index (χ0v) is 10.6. The third-order valence-corrected chi connectivity index (χ3v) is 3.92. The number of likely N-dealkylation sites (tertiary alicyclic amines) is 1. The predicted octanol–water partition coefficient (Wildman–Crippen LogP) is -0.435. The summed E-state index contributed by atoms with van der Waals surface area (Å²) in [5, 5.41) is 21.9. The van der Waals surface area contributed by atoms with Crippen LogP contribution in [-0.4, -0.2) is 57.8 Å². The fourth-order valence-corrected chi connectivity index (χ4v) is 2.83. The maximum Gasteiger partial charge on any atom is 0.326 e. The molecule has 1 amide bonds. The number of aliphatic hydroxyl groups is 1. The number of aliphatic hydroxyl groups excluding tert-OH is 1. The van der Waals surface area contributed by atoms with E-state index in [2.05, 4.69) is 5.32 Å². The highest BCUT2D eigenvalue weighted by Crippen LogP contribution is 2.26. The topological polar surface area (TPSA) is 89.9 Å². The number of hydrogen-bond acceptors (Lipinski definition) is 4. The molecule has 6 heteroatoms. The van der Waals surface area contributed by atoms with Gasteiger partial charge in [-0.25, -0.2) is 4.79 Å². The number of rotatable bonds is 2. The van der Waals surface area contributed by atoms with Crippen LogP contribution in [0.15, 0.2) is 0 Å². The molecule has 0 aromatic heterocycles. The number of piperidine rings is 1. The molecule has 0 radical (unpaired) electrons. The molecule has 3 N–H and O–H groups in total. The van der Waals surface area contributed by atoms with Gasteiger partial charge in [-0.3, -0.25) is 4.79 Å². The van der Waals surface area contributed by atoms with Crippen LogP contribution in [0.4, 0.5) is 0 Å². The van der Waals surface area contributed by atoms with Crippen LogP contribution in [0.1, 0.15) is 32.6 Å². The number of carbonyl (C=O) groups excluding carboxylic acids is 1. The standard InChI is InChI=1S/C12H20N2O4/c1-12(4-2-3-5-13-12)11(18)14-7-8(15)6-9(14)10(16)17/h8-9,13,15H,2-7H2,1H3,(H,16,17)/t8-,9-,12?/m0/s1. The smallest absolute Gasteiger partial charge is 0.326 e. The summed E-state index contributed by atoms with van der Waals surface area (Å²) in [4.78, 5) is 24.9. The predicted molar refractivity (Wildman–Crippen MR) is 64.0 cm³/mol. The summed E-state index contributed by atoms with van der Waals surface area (Å²) in [6, 6.07) is -0.895. The Hall–Kier alpha value is -1.14. The van der Waals surface area contributed by atoms with Crippen molar-refractivity contribution in [3.05, 3.63) is 0 Å². The van der Waals surface area contributed by atoms with Crippen molar-refractivity contribution in [2.45, 2.75) is 50.3 Å². The maximum absolute atomic E-state index is 12.5. The van der Waals surface area contributed by atoms with Crippen molar-refractivity contribution in [1.29, 1.82) is 0 Å². The molecule has 1 unspecified atom stereocenters. The van der Waals surface area contributed by atoms with Crippen LogP contribution >= 0.6 is 0 Å². The minimum Gasteiger partial charge on any atom is -0.480 e. The van der Waals surface area contributed by atoms with Crippen LogP contribution in [0.3, 0.4) is 0 Å². The lowest BCUT2D eigenvalue weighted by Gasteiger charge is -2.37. The van der Waals surface area contributed by atoms with E-state index in [0.29, 0.717) is 6.42 Å². The SMILES string of the molecule is CC1(C(=O)N2C[C@@H](O)C[C@H]2C(=O)O)CCCCN1. The number of β-amino-alcohol motifs (C(OH)–C–C–N with tert-alkyl or cyclic N) is 1.